The maximum absolute atomic E-state index is 12.7. The van der Waals surface area contributed by atoms with Gasteiger partial charge in [-0.05, 0) is 39.7 Å². The van der Waals surface area contributed by atoms with E-state index in [0.717, 1.165) is 49.4 Å². The van der Waals surface area contributed by atoms with Gasteiger partial charge in [0.25, 0.3) is 5.91 Å². The van der Waals surface area contributed by atoms with Crippen LogP contribution in [0.2, 0.25) is 5.02 Å². The van der Waals surface area contributed by atoms with Crippen LogP contribution in [0.1, 0.15) is 24.5 Å². The molecule has 0 radical (unpaired) electrons. The summed E-state index contributed by atoms with van der Waals surface area (Å²) < 4.78 is 0. The molecule has 1 atom stereocenters. The fraction of sp³-hybridized carbons (Fsp3) is 0.600. The van der Waals surface area contributed by atoms with E-state index in [1.807, 2.05) is 31.1 Å². The summed E-state index contributed by atoms with van der Waals surface area (Å²) in [6, 6.07) is 4.26. The molecule has 0 bridgehead atoms. The number of aromatic nitrogens is 2. The van der Waals surface area contributed by atoms with Crippen LogP contribution in [0.25, 0.3) is 11.0 Å². The van der Waals surface area contributed by atoms with Crippen LogP contribution in [0.3, 0.4) is 0 Å². The minimum atomic E-state index is -0.111. The van der Waals surface area contributed by atoms with E-state index in [-0.39, 0.29) is 5.91 Å². The lowest BCUT2D eigenvalue weighted by molar-refractivity contribution is 0.0775. The fourth-order valence-electron chi connectivity index (χ4n) is 3.65. The van der Waals surface area contributed by atoms with Crippen molar-refractivity contribution in [2.75, 3.05) is 65.3 Å². The maximum atomic E-state index is 12.7. The topological polar surface area (TPSA) is 58.7 Å². The Morgan fingerprint density at radius 3 is 2.68 bits per heavy atom. The van der Waals surface area contributed by atoms with Crippen molar-refractivity contribution in [1.29, 1.82) is 0 Å². The molecule has 1 aliphatic heterocycles. The first-order valence-corrected chi connectivity index (χ1v) is 10.3. The zero-order valence-electron chi connectivity index (χ0n) is 17.5. The molecule has 1 N–H and O–H groups in total. The molecule has 2 aromatic rings. The summed E-state index contributed by atoms with van der Waals surface area (Å²) >= 11 is 6.60. The van der Waals surface area contributed by atoms with E-state index in [9.17, 15) is 4.79 Å². The van der Waals surface area contributed by atoms with Crippen LogP contribution in [0, 0.1) is 0 Å². The highest BCUT2D eigenvalue weighted by atomic mass is 35.5. The van der Waals surface area contributed by atoms with Gasteiger partial charge in [0.15, 0.2) is 5.82 Å². The Morgan fingerprint density at radius 2 is 2.04 bits per heavy atom. The first-order valence-electron chi connectivity index (χ1n) is 9.88. The van der Waals surface area contributed by atoms with Crippen molar-refractivity contribution >= 4 is 34.2 Å². The van der Waals surface area contributed by atoms with Crippen molar-refractivity contribution in [1.82, 2.24) is 24.7 Å². The zero-order valence-corrected chi connectivity index (χ0v) is 18.3. The van der Waals surface area contributed by atoms with E-state index in [2.05, 4.69) is 33.6 Å². The molecule has 1 aromatic heterocycles. The van der Waals surface area contributed by atoms with Crippen LogP contribution in [-0.4, -0.2) is 97.0 Å². The standard InChI is InChI=1S/C20H31ClN6O/c1-6-26-9-10-27(14(2)13-26)18-12-17-16(11-15(18)21)22-19(23-17)20(28)25(5)8-7-24(3)4/h11-12,14H,6-10,13H2,1-5H3,(H,22,23). The molecule has 2 heterocycles. The van der Waals surface area contributed by atoms with Crippen molar-refractivity contribution in [3.05, 3.63) is 23.0 Å². The van der Waals surface area contributed by atoms with Crippen molar-refractivity contribution in [2.45, 2.75) is 19.9 Å². The lowest BCUT2D eigenvalue weighted by Gasteiger charge is -2.41. The Balaban J connectivity index is 1.83. The number of anilines is 1. The highest BCUT2D eigenvalue weighted by Crippen LogP contribution is 2.32. The van der Waals surface area contributed by atoms with Crippen molar-refractivity contribution in [3.8, 4) is 0 Å². The van der Waals surface area contributed by atoms with E-state index in [4.69, 9.17) is 11.6 Å². The predicted octanol–water partition coefficient (Wildman–Crippen LogP) is 2.38. The van der Waals surface area contributed by atoms with Gasteiger partial charge in [-0.15, -0.1) is 0 Å². The first kappa shape index (κ1) is 20.9. The number of amides is 1. The Labute approximate surface area is 172 Å². The third-order valence-corrected chi connectivity index (χ3v) is 5.75. The van der Waals surface area contributed by atoms with Gasteiger partial charge in [-0.2, -0.15) is 0 Å². The molecule has 1 unspecified atom stereocenters. The number of rotatable bonds is 6. The van der Waals surface area contributed by atoms with Gasteiger partial charge in [-0.3, -0.25) is 9.69 Å². The molecule has 1 aliphatic rings. The van der Waals surface area contributed by atoms with Crippen LogP contribution in [0.15, 0.2) is 12.1 Å². The van der Waals surface area contributed by atoms with E-state index >= 15 is 0 Å². The SMILES string of the molecule is CCN1CCN(c2cc3nc(C(=O)N(C)CCN(C)C)[nH]c3cc2Cl)C(C)C1. The molecule has 7 nitrogen and oxygen atoms in total. The van der Waals surface area contributed by atoms with E-state index in [1.54, 1.807) is 11.9 Å². The quantitative estimate of drug-likeness (QED) is 0.798. The molecule has 154 valence electrons. The number of nitrogens with zero attached hydrogens (tertiary/aromatic N) is 5. The number of fused-ring (bicyclic) bond motifs is 1. The van der Waals surface area contributed by atoms with Crippen LogP contribution in [0.4, 0.5) is 5.69 Å². The number of carbonyl (C=O) groups is 1. The third kappa shape index (κ3) is 4.42. The van der Waals surface area contributed by atoms with Gasteiger partial charge >= 0.3 is 0 Å². The zero-order chi connectivity index (χ0) is 20.4. The number of hydrogen-bond acceptors (Lipinski definition) is 5. The molecule has 1 aromatic carbocycles. The van der Waals surface area contributed by atoms with E-state index < -0.39 is 0 Å². The molecular weight excluding hydrogens is 376 g/mol. The summed E-state index contributed by atoms with van der Waals surface area (Å²) in [6.07, 6.45) is 0. The molecule has 0 saturated carbocycles. The summed E-state index contributed by atoms with van der Waals surface area (Å²) in [5, 5.41) is 0.688. The highest BCUT2D eigenvalue weighted by Gasteiger charge is 2.25. The van der Waals surface area contributed by atoms with Crippen molar-refractivity contribution in [3.63, 3.8) is 0 Å². The van der Waals surface area contributed by atoms with Gasteiger partial charge in [-0.1, -0.05) is 18.5 Å². The van der Waals surface area contributed by atoms with Gasteiger partial charge in [0.2, 0.25) is 0 Å². The molecule has 1 amide bonds. The van der Waals surface area contributed by atoms with Crippen LogP contribution in [0.5, 0.6) is 0 Å². The van der Waals surface area contributed by atoms with Gasteiger partial charge in [-0.25, -0.2) is 4.98 Å². The lowest BCUT2D eigenvalue weighted by atomic mass is 10.1. The highest BCUT2D eigenvalue weighted by molar-refractivity contribution is 6.34. The van der Waals surface area contributed by atoms with E-state index in [0.29, 0.717) is 23.4 Å². The van der Waals surface area contributed by atoms with Gasteiger partial charge < -0.3 is 19.7 Å². The number of aromatic amines is 1. The molecular formula is C20H31ClN6O. The normalized spacial score (nSPS) is 18.2. The summed E-state index contributed by atoms with van der Waals surface area (Å²) in [7, 11) is 5.78. The summed E-state index contributed by atoms with van der Waals surface area (Å²) in [5.41, 5.74) is 2.55. The molecule has 1 saturated heterocycles. The lowest BCUT2D eigenvalue weighted by Crippen LogP contribution is -2.51. The molecule has 1 fully saturated rings. The Hall–Kier alpha value is -1.83. The molecule has 8 heteroatoms. The molecule has 28 heavy (non-hydrogen) atoms. The number of piperazine rings is 1. The Kier molecular flexibility index (Phi) is 6.47. The molecule has 0 aliphatic carbocycles. The van der Waals surface area contributed by atoms with Gasteiger partial charge in [0.05, 0.1) is 21.7 Å². The fourth-order valence-corrected chi connectivity index (χ4v) is 3.92. The van der Waals surface area contributed by atoms with Gasteiger partial charge in [0, 0.05) is 45.8 Å². The summed E-state index contributed by atoms with van der Waals surface area (Å²) in [6.45, 7) is 9.91. The minimum Gasteiger partial charge on any atom is -0.365 e. The van der Waals surface area contributed by atoms with Crippen LogP contribution < -0.4 is 4.90 Å². The molecule has 3 rings (SSSR count). The maximum Gasteiger partial charge on any atom is 0.289 e. The monoisotopic (exact) mass is 406 g/mol. The summed E-state index contributed by atoms with van der Waals surface area (Å²) in [4.78, 5) is 28.9. The first-order chi connectivity index (χ1) is 13.3. The minimum absolute atomic E-state index is 0.111. The number of carbonyl (C=O) groups excluding carboxylic acids is 1. The number of H-pyrrole nitrogens is 1. The predicted molar refractivity (Wildman–Crippen MR) is 116 cm³/mol. The average Bonchev–Trinajstić information content (AvgIpc) is 3.07. The second-order valence-electron chi connectivity index (χ2n) is 7.87. The second kappa shape index (κ2) is 8.68. The number of benzene rings is 1. The average molecular weight is 407 g/mol. The number of likely N-dealkylation sites (N-methyl/N-ethyl adjacent to an activating group) is 3. The number of nitrogens with one attached hydrogen (secondary N) is 1. The summed E-state index contributed by atoms with van der Waals surface area (Å²) in [5.74, 6) is 0.244. The number of imidazole rings is 1. The Morgan fingerprint density at radius 1 is 1.29 bits per heavy atom. The van der Waals surface area contributed by atoms with Crippen molar-refractivity contribution < 1.29 is 4.79 Å². The molecule has 0 spiro atoms. The van der Waals surface area contributed by atoms with Crippen molar-refractivity contribution in [2.24, 2.45) is 0 Å². The van der Waals surface area contributed by atoms with Gasteiger partial charge in [0.1, 0.15) is 0 Å². The largest absolute Gasteiger partial charge is 0.365 e. The van der Waals surface area contributed by atoms with Crippen LogP contribution >= 0.6 is 11.6 Å². The second-order valence-corrected chi connectivity index (χ2v) is 8.28. The van der Waals surface area contributed by atoms with Crippen LogP contribution in [-0.2, 0) is 0 Å². The Bertz CT molecular complexity index is 835. The smallest absolute Gasteiger partial charge is 0.289 e. The van der Waals surface area contributed by atoms with E-state index in [1.165, 1.54) is 0 Å². The number of hydrogen-bond donors (Lipinski definition) is 1. The third-order valence-electron chi connectivity index (χ3n) is 5.45. The number of halogens is 1.